The highest BCUT2D eigenvalue weighted by Crippen LogP contribution is 2.29. The van der Waals surface area contributed by atoms with Gasteiger partial charge in [-0.2, -0.15) is 0 Å². The fraction of sp³-hybridized carbons (Fsp3) is 0.350. The fourth-order valence-corrected chi connectivity index (χ4v) is 3.61. The second-order valence-corrected chi connectivity index (χ2v) is 7.43. The van der Waals surface area contributed by atoms with Crippen molar-refractivity contribution in [2.45, 2.75) is 31.8 Å². The van der Waals surface area contributed by atoms with Crippen molar-refractivity contribution in [1.29, 1.82) is 0 Å². The predicted molar refractivity (Wildman–Crippen MR) is 101 cm³/mol. The molecule has 3 nitrogen and oxygen atoms in total. The monoisotopic (exact) mass is 386 g/mol. The number of aryl methyl sites for hydroxylation is 1. The van der Waals surface area contributed by atoms with Crippen molar-refractivity contribution in [3.05, 3.63) is 69.7 Å². The Balaban J connectivity index is 1.55. The lowest BCUT2D eigenvalue weighted by Crippen LogP contribution is -2.38. The molecule has 1 atom stereocenters. The van der Waals surface area contributed by atoms with Crippen molar-refractivity contribution < 1.29 is 4.79 Å². The van der Waals surface area contributed by atoms with Crippen molar-refractivity contribution in [2.24, 2.45) is 0 Å². The first-order valence-corrected chi connectivity index (χ1v) is 9.21. The number of hydrogen-bond donors (Lipinski definition) is 1. The normalized spacial score (nSPS) is 16.7. The molecule has 0 aromatic heterocycles. The number of hydrogen-bond acceptors (Lipinski definition) is 2. The van der Waals surface area contributed by atoms with Crippen molar-refractivity contribution in [3.63, 3.8) is 0 Å². The lowest BCUT2D eigenvalue weighted by atomic mass is 9.88. The maximum absolute atomic E-state index is 12.4. The van der Waals surface area contributed by atoms with E-state index in [4.69, 9.17) is 0 Å². The largest absolute Gasteiger partial charge is 0.348 e. The molecule has 0 fully saturated rings. The SMILES string of the molecule is CN(CC(=O)NC1CCCc2ccccc21)Cc1ccc(Br)cc1. The van der Waals surface area contributed by atoms with E-state index in [1.165, 1.54) is 16.7 Å². The predicted octanol–water partition coefficient (Wildman–Crippen LogP) is 4.07. The highest BCUT2D eigenvalue weighted by Gasteiger charge is 2.21. The Kier molecular flexibility index (Phi) is 5.69. The average molecular weight is 387 g/mol. The van der Waals surface area contributed by atoms with E-state index in [1.54, 1.807) is 0 Å². The van der Waals surface area contributed by atoms with Crippen LogP contribution in [0.3, 0.4) is 0 Å². The van der Waals surface area contributed by atoms with Gasteiger partial charge in [-0.1, -0.05) is 52.3 Å². The van der Waals surface area contributed by atoms with Gasteiger partial charge in [0.25, 0.3) is 0 Å². The van der Waals surface area contributed by atoms with Gasteiger partial charge >= 0.3 is 0 Å². The smallest absolute Gasteiger partial charge is 0.234 e. The van der Waals surface area contributed by atoms with Crippen LogP contribution in [0.15, 0.2) is 53.0 Å². The van der Waals surface area contributed by atoms with Gasteiger partial charge in [0.2, 0.25) is 5.91 Å². The molecule has 1 aliphatic rings. The van der Waals surface area contributed by atoms with E-state index < -0.39 is 0 Å². The average Bonchev–Trinajstić information content (AvgIpc) is 2.57. The van der Waals surface area contributed by atoms with Gasteiger partial charge in [-0.3, -0.25) is 9.69 Å². The van der Waals surface area contributed by atoms with E-state index in [9.17, 15) is 4.79 Å². The van der Waals surface area contributed by atoms with Crippen LogP contribution in [-0.4, -0.2) is 24.4 Å². The quantitative estimate of drug-likeness (QED) is 0.839. The van der Waals surface area contributed by atoms with E-state index in [0.29, 0.717) is 6.54 Å². The minimum atomic E-state index is 0.0938. The Morgan fingerprint density at radius 1 is 1.21 bits per heavy atom. The van der Waals surface area contributed by atoms with Crippen LogP contribution in [0.5, 0.6) is 0 Å². The number of carbonyl (C=O) groups excluding carboxylic acids is 1. The number of carbonyl (C=O) groups is 1. The van der Waals surface area contributed by atoms with Crippen molar-refractivity contribution in [1.82, 2.24) is 10.2 Å². The second kappa shape index (κ2) is 7.95. The molecule has 0 bridgehead atoms. The summed E-state index contributed by atoms with van der Waals surface area (Å²) in [5.74, 6) is 0.0938. The molecular weight excluding hydrogens is 364 g/mol. The van der Waals surface area contributed by atoms with Gasteiger partial charge < -0.3 is 5.32 Å². The summed E-state index contributed by atoms with van der Waals surface area (Å²) in [6, 6.07) is 16.8. The van der Waals surface area contributed by atoms with E-state index in [-0.39, 0.29) is 11.9 Å². The number of rotatable bonds is 5. The van der Waals surface area contributed by atoms with Crippen LogP contribution in [0.1, 0.15) is 35.6 Å². The summed E-state index contributed by atoms with van der Waals surface area (Å²) >= 11 is 3.44. The van der Waals surface area contributed by atoms with Crippen LogP contribution < -0.4 is 5.32 Å². The van der Waals surface area contributed by atoms with E-state index >= 15 is 0 Å². The first-order valence-electron chi connectivity index (χ1n) is 8.42. The Bertz CT molecular complexity index is 699. The summed E-state index contributed by atoms with van der Waals surface area (Å²) in [7, 11) is 1.98. The Morgan fingerprint density at radius 3 is 2.75 bits per heavy atom. The number of nitrogens with zero attached hydrogens (tertiary/aromatic N) is 1. The van der Waals surface area contributed by atoms with E-state index in [0.717, 1.165) is 30.3 Å². The number of nitrogens with one attached hydrogen (secondary N) is 1. The van der Waals surface area contributed by atoms with Gasteiger partial charge in [0.15, 0.2) is 0 Å². The molecule has 4 heteroatoms. The van der Waals surface area contributed by atoms with Crippen LogP contribution in [0.4, 0.5) is 0 Å². The second-order valence-electron chi connectivity index (χ2n) is 6.51. The molecule has 1 unspecified atom stereocenters. The Labute approximate surface area is 152 Å². The fourth-order valence-electron chi connectivity index (χ4n) is 3.35. The van der Waals surface area contributed by atoms with Crippen molar-refractivity contribution in [2.75, 3.05) is 13.6 Å². The summed E-state index contributed by atoms with van der Waals surface area (Å²) in [4.78, 5) is 14.5. The zero-order valence-electron chi connectivity index (χ0n) is 14.0. The molecule has 0 heterocycles. The summed E-state index contributed by atoms with van der Waals surface area (Å²) in [5.41, 5.74) is 3.86. The lowest BCUT2D eigenvalue weighted by Gasteiger charge is -2.27. The van der Waals surface area contributed by atoms with Crippen molar-refractivity contribution in [3.8, 4) is 0 Å². The topological polar surface area (TPSA) is 32.3 Å². The summed E-state index contributed by atoms with van der Waals surface area (Å²) in [6.45, 7) is 1.18. The molecule has 0 saturated heterocycles. The summed E-state index contributed by atoms with van der Waals surface area (Å²) < 4.78 is 1.07. The molecule has 0 saturated carbocycles. The van der Waals surface area contributed by atoms with Gasteiger partial charge in [-0.25, -0.2) is 0 Å². The maximum Gasteiger partial charge on any atom is 0.234 e. The molecule has 24 heavy (non-hydrogen) atoms. The highest BCUT2D eigenvalue weighted by molar-refractivity contribution is 9.10. The Morgan fingerprint density at radius 2 is 1.96 bits per heavy atom. The van der Waals surface area contributed by atoms with Crippen LogP contribution in [0.2, 0.25) is 0 Å². The molecule has 0 aliphatic heterocycles. The third kappa shape index (κ3) is 4.46. The van der Waals surface area contributed by atoms with Gasteiger partial charge in [0.1, 0.15) is 0 Å². The zero-order chi connectivity index (χ0) is 16.9. The summed E-state index contributed by atoms with van der Waals surface area (Å²) in [5, 5.41) is 3.21. The van der Waals surface area contributed by atoms with E-state index in [1.807, 2.05) is 24.1 Å². The molecule has 2 aromatic rings. The van der Waals surface area contributed by atoms with Gasteiger partial charge in [-0.15, -0.1) is 0 Å². The maximum atomic E-state index is 12.4. The van der Waals surface area contributed by atoms with E-state index in [2.05, 4.69) is 57.6 Å². The van der Waals surface area contributed by atoms with Crippen molar-refractivity contribution >= 4 is 21.8 Å². The van der Waals surface area contributed by atoms with Gasteiger partial charge in [0.05, 0.1) is 12.6 Å². The Hall–Kier alpha value is -1.65. The third-order valence-corrected chi connectivity index (χ3v) is 5.01. The van der Waals surface area contributed by atoms with Crippen LogP contribution in [-0.2, 0) is 17.8 Å². The first kappa shape index (κ1) is 17.2. The third-order valence-electron chi connectivity index (χ3n) is 4.48. The number of halogens is 1. The number of likely N-dealkylation sites (N-methyl/N-ethyl adjacent to an activating group) is 1. The first-order chi connectivity index (χ1) is 11.6. The molecule has 0 radical (unpaired) electrons. The highest BCUT2D eigenvalue weighted by atomic mass is 79.9. The number of benzene rings is 2. The molecule has 3 rings (SSSR count). The minimum Gasteiger partial charge on any atom is -0.348 e. The molecule has 126 valence electrons. The number of fused-ring (bicyclic) bond motifs is 1. The summed E-state index contributed by atoms with van der Waals surface area (Å²) in [6.07, 6.45) is 3.28. The van der Waals surface area contributed by atoms with Gasteiger partial charge in [-0.05, 0) is 55.1 Å². The minimum absolute atomic E-state index is 0.0938. The molecule has 1 amide bonds. The standard InChI is InChI=1S/C20H23BrN2O/c1-23(13-15-9-11-17(21)12-10-15)14-20(24)22-19-8-4-6-16-5-2-3-7-18(16)19/h2-3,5,7,9-12,19H,4,6,8,13-14H2,1H3,(H,22,24). The number of amides is 1. The van der Waals surface area contributed by atoms with Gasteiger partial charge in [0, 0.05) is 11.0 Å². The molecule has 1 N–H and O–H groups in total. The molecule has 1 aliphatic carbocycles. The van der Waals surface area contributed by atoms with Crippen LogP contribution in [0, 0.1) is 0 Å². The molecule has 2 aromatic carbocycles. The lowest BCUT2D eigenvalue weighted by molar-refractivity contribution is -0.122. The van der Waals surface area contributed by atoms with Crippen LogP contribution in [0.25, 0.3) is 0 Å². The van der Waals surface area contributed by atoms with Crippen LogP contribution >= 0.6 is 15.9 Å². The molecule has 0 spiro atoms. The molecular formula is C20H23BrN2O. The zero-order valence-corrected chi connectivity index (χ0v) is 15.6.